The van der Waals surface area contributed by atoms with Gasteiger partial charge < -0.3 is 10.1 Å². The van der Waals surface area contributed by atoms with Crippen LogP contribution in [0.15, 0.2) is 35.1 Å². The number of hydrogen-bond acceptors (Lipinski definition) is 6. The van der Waals surface area contributed by atoms with Gasteiger partial charge in [0.1, 0.15) is 13.2 Å². The van der Waals surface area contributed by atoms with Crippen LogP contribution in [-0.2, 0) is 22.7 Å². The first-order valence-electron chi connectivity index (χ1n) is 11.5. The lowest BCUT2D eigenvalue weighted by Gasteiger charge is -2.36. The van der Waals surface area contributed by atoms with Gasteiger partial charge in [-0.3, -0.25) is 19.1 Å². The van der Waals surface area contributed by atoms with Crippen molar-refractivity contribution in [3.05, 3.63) is 57.1 Å². The molecule has 172 valence electrons. The highest BCUT2D eigenvalue weighted by Crippen LogP contribution is 2.32. The summed E-state index contributed by atoms with van der Waals surface area (Å²) in [6, 6.07) is 9.82. The fourth-order valence-electron chi connectivity index (χ4n) is 4.21. The Hall–Kier alpha value is -2.38. The Kier molecular flexibility index (Phi) is 7.48. The van der Waals surface area contributed by atoms with E-state index in [4.69, 9.17) is 16.3 Å². The Morgan fingerprint density at radius 3 is 2.75 bits per heavy atom. The zero-order chi connectivity index (χ0) is 22.5. The highest BCUT2D eigenvalue weighted by Gasteiger charge is 2.29. The predicted octanol–water partition coefficient (Wildman–Crippen LogP) is 3.62. The number of likely N-dealkylation sites (tertiary alicyclic amines) is 1. The highest BCUT2D eigenvalue weighted by atomic mass is 35.5. The van der Waals surface area contributed by atoms with E-state index in [0.717, 1.165) is 31.0 Å². The Labute approximate surface area is 193 Å². The van der Waals surface area contributed by atoms with E-state index in [1.165, 1.54) is 30.3 Å². The Morgan fingerprint density at radius 2 is 2.00 bits per heavy atom. The first-order chi connectivity index (χ1) is 15.5. The molecule has 0 unspecified atom stereocenters. The second-order valence-corrected chi connectivity index (χ2v) is 9.20. The fourth-order valence-corrected chi connectivity index (χ4v) is 4.40. The third-order valence-electron chi connectivity index (χ3n) is 6.33. The van der Waals surface area contributed by atoms with Crippen molar-refractivity contribution in [3.8, 4) is 0 Å². The van der Waals surface area contributed by atoms with Gasteiger partial charge >= 0.3 is 5.97 Å². The van der Waals surface area contributed by atoms with Gasteiger partial charge in [-0.05, 0) is 50.6 Å². The maximum Gasteiger partial charge on any atom is 0.326 e. The van der Waals surface area contributed by atoms with Crippen LogP contribution in [-0.4, -0.2) is 46.1 Å². The van der Waals surface area contributed by atoms with E-state index in [-0.39, 0.29) is 29.7 Å². The number of benzene rings is 1. The van der Waals surface area contributed by atoms with Gasteiger partial charge in [0.05, 0.1) is 5.69 Å². The molecule has 7 nitrogen and oxygen atoms in total. The Bertz CT molecular complexity index is 991. The molecule has 4 rings (SSSR count). The van der Waals surface area contributed by atoms with Crippen LogP contribution < -0.4 is 10.9 Å². The molecule has 1 N–H and O–H groups in total. The zero-order valence-electron chi connectivity index (χ0n) is 18.6. The molecule has 0 spiro atoms. The Morgan fingerprint density at radius 1 is 1.22 bits per heavy atom. The minimum absolute atomic E-state index is 0.163. The number of carbonyl (C=O) groups is 1. The summed E-state index contributed by atoms with van der Waals surface area (Å²) in [4.78, 5) is 32.3. The lowest BCUT2D eigenvalue weighted by Crippen LogP contribution is -2.45. The van der Waals surface area contributed by atoms with Crippen LogP contribution in [0.5, 0.6) is 0 Å². The van der Waals surface area contributed by atoms with E-state index in [1.54, 1.807) is 6.92 Å². The second-order valence-electron chi connectivity index (χ2n) is 8.84. The second kappa shape index (κ2) is 10.5. The van der Waals surface area contributed by atoms with Crippen LogP contribution in [0.4, 0.5) is 5.82 Å². The monoisotopic (exact) mass is 458 g/mol. The van der Waals surface area contributed by atoms with Crippen molar-refractivity contribution >= 4 is 23.4 Å². The van der Waals surface area contributed by atoms with Gasteiger partial charge in [-0.2, -0.15) is 0 Å². The summed E-state index contributed by atoms with van der Waals surface area (Å²) in [6.07, 6.45) is 6.20. The summed E-state index contributed by atoms with van der Waals surface area (Å²) in [5.74, 6) is 0.533. The van der Waals surface area contributed by atoms with Crippen molar-refractivity contribution in [2.24, 2.45) is 5.92 Å². The average Bonchev–Trinajstić information content (AvgIpc) is 3.62. The van der Waals surface area contributed by atoms with E-state index in [1.807, 2.05) is 30.3 Å². The summed E-state index contributed by atoms with van der Waals surface area (Å²) in [6.45, 7) is 4.55. The number of carbonyl (C=O) groups excluding carboxylic acids is 1. The number of piperidine rings is 1. The molecule has 2 aliphatic rings. The summed E-state index contributed by atoms with van der Waals surface area (Å²) in [7, 11) is 0. The molecule has 32 heavy (non-hydrogen) atoms. The SMILES string of the molecule is Cc1c(Cl)nc(NC[C@H]2CCCCN2CC2CC2)c(=O)n1CC(=O)OCc1ccccc1. The van der Waals surface area contributed by atoms with E-state index in [9.17, 15) is 9.59 Å². The van der Waals surface area contributed by atoms with E-state index >= 15 is 0 Å². The topological polar surface area (TPSA) is 76.5 Å². The summed E-state index contributed by atoms with van der Waals surface area (Å²) in [5, 5.41) is 3.43. The largest absolute Gasteiger partial charge is 0.459 e. The smallest absolute Gasteiger partial charge is 0.326 e. The van der Waals surface area contributed by atoms with Gasteiger partial charge in [0.15, 0.2) is 11.0 Å². The number of nitrogens with zero attached hydrogens (tertiary/aromatic N) is 3. The lowest BCUT2D eigenvalue weighted by atomic mass is 10.0. The van der Waals surface area contributed by atoms with E-state index in [2.05, 4.69) is 15.2 Å². The molecule has 1 aromatic heterocycles. The van der Waals surface area contributed by atoms with Crippen molar-refractivity contribution < 1.29 is 9.53 Å². The molecule has 2 fully saturated rings. The minimum Gasteiger partial charge on any atom is -0.459 e. The Balaban J connectivity index is 1.40. The van der Waals surface area contributed by atoms with Crippen molar-refractivity contribution in [2.45, 2.75) is 58.2 Å². The molecule has 8 heteroatoms. The van der Waals surface area contributed by atoms with E-state index in [0.29, 0.717) is 18.3 Å². The van der Waals surface area contributed by atoms with Crippen LogP contribution in [0.1, 0.15) is 43.4 Å². The number of esters is 1. The standard InChI is InChI=1S/C24H31ClN4O3/c1-17-22(25)27-23(26-13-20-9-5-6-12-28(20)14-18-10-11-18)24(31)29(17)15-21(30)32-16-19-7-3-2-4-8-19/h2-4,7-8,18,20H,5-6,9-16H2,1H3,(H,26,27)/t20-/m1/s1. The number of hydrogen-bond donors (Lipinski definition) is 1. The van der Waals surface area contributed by atoms with Crippen molar-refractivity contribution in [2.75, 3.05) is 25.0 Å². The maximum atomic E-state index is 13.1. The molecule has 1 aliphatic heterocycles. The molecule has 1 atom stereocenters. The first kappa shape index (κ1) is 22.8. The number of nitrogens with one attached hydrogen (secondary N) is 1. The number of ether oxygens (including phenoxy) is 1. The van der Waals surface area contributed by atoms with Crippen LogP contribution >= 0.6 is 11.6 Å². The third-order valence-corrected chi connectivity index (χ3v) is 6.69. The summed E-state index contributed by atoms with van der Waals surface area (Å²) < 4.78 is 6.69. The molecule has 1 aromatic carbocycles. The van der Waals surface area contributed by atoms with Crippen LogP contribution in [0, 0.1) is 12.8 Å². The molecule has 2 aromatic rings. The van der Waals surface area contributed by atoms with Gasteiger partial charge in [-0.1, -0.05) is 48.4 Å². The highest BCUT2D eigenvalue weighted by molar-refractivity contribution is 6.30. The molecule has 2 heterocycles. The van der Waals surface area contributed by atoms with Crippen LogP contribution in [0.3, 0.4) is 0 Å². The minimum atomic E-state index is -0.491. The molecule has 0 amide bonds. The molecule has 1 saturated heterocycles. The van der Waals surface area contributed by atoms with Gasteiger partial charge in [0, 0.05) is 19.1 Å². The molecular formula is C24H31ClN4O3. The molecule has 0 radical (unpaired) electrons. The summed E-state index contributed by atoms with van der Waals surface area (Å²) in [5.41, 5.74) is 0.989. The van der Waals surface area contributed by atoms with Crippen molar-refractivity contribution in [1.82, 2.24) is 14.5 Å². The number of halogens is 1. The lowest BCUT2D eigenvalue weighted by molar-refractivity contribution is -0.145. The zero-order valence-corrected chi connectivity index (χ0v) is 19.3. The third kappa shape index (κ3) is 5.90. The predicted molar refractivity (Wildman–Crippen MR) is 125 cm³/mol. The quantitative estimate of drug-likeness (QED) is 0.578. The molecule has 1 saturated carbocycles. The van der Waals surface area contributed by atoms with Crippen LogP contribution in [0.2, 0.25) is 5.15 Å². The maximum absolute atomic E-state index is 13.1. The van der Waals surface area contributed by atoms with Gasteiger partial charge in [0.25, 0.3) is 5.56 Å². The number of rotatable bonds is 9. The fraction of sp³-hybridized carbons (Fsp3) is 0.542. The van der Waals surface area contributed by atoms with Crippen molar-refractivity contribution in [1.29, 1.82) is 0 Å². The van der Waals surface area contributed by atoms with E-state index < -0.39 is 5.97 Å². The average molecular weight is 459 g/mol. The number of anilines is 1. The van der Waals surface area contributed by atoms with Crippen LogP contribution in [0.25, 0.3) is 0 Å². The first-order valence-corrected chi connectivity index (χ1v) is 11.8. The van der Waals surface area contributed by atoms with Crippen molar-refractivity contribution in [3.63, 3.8) is 0 Å². The van der Waals surface area contributed by atoms with Gasteiger partial charge in [-0.25, -0.2) is 4.98 Å². The van der Waals surface area contributed by atoms with Gasteiger partial charge in [-0.15, -0.1) is 0 Å². The summed E-state index contributed by atoms with van der Waals surface area (Å²) >= 11 is 6.30. The molecular weight excluding hydrogens is 428 g/mol. The normalized spacial score (nSPS) is 19.0. The molecule has 1 aliphatic carbocycles. The number of aromatic nitrogens is 2. The van der Waals surface area contributed by atoms with Gasteiger partial charge in [0.2, 0.25) is 0 Å². The molecule has 0 bridgehead atoms.